The van der Waals surface area contributed by atoms with Gasteiger partial charge in [0.05, 0.1) is 12.0 Å². The number of aliphatic hydroxyl groups is 1. The quantitative estimate of drug-likeness (QED) is 0.474. The Kier molecular flexibility index (Phi) is 7.27. The molecule has 2 saturated heterocycles. The number of amides is 1. The van der Waals surface area contributed by atoms with Crippen molar-refractivity contribution in [1.29, 1.82) is 0 Å². The molecule has 39 heavy (non-hydrogen) atoms. The molecule has 0 aliphatic carbocycles. The van der Waals surface area contributed by atoms with Gasteiger partial charge < -0.3 is 29.7 Å². The van der Waals surface area contributed by atoms with E-state index < -0.39 is 18.0 Å². The first-order valence-corrected chi connectivity index (χ1v) is 13.7. The zero-order chi connectivity index (χ0) is 26.9. The number of hydrogen-bond acceptors (Lipinski definition) is 6. The van der Waals surface area contributed by atoms with E-state index in [9.17, 15) is 18.7 Å². The molecular formula is C30H33F2N3O4. The standard InChI is InChI=1S/C30H33F2N3O4/c31-23-5-3-20-14-24(6-4-19(20)13-23)35-10-7-21(17-35)30(37)33-26(18-34-8-1-2-9-34)28(36)22-15-25(32)29-27(16-22)38-11-12-39-29/h3-6,13-16,21,26,28,36H,1-2,7-12,17-18H2,(H,33,37)/t21-,26-,28-/m1/s1. The summed E-state index contributed by atoms with van der Waals surface area (Å²) in [5, 5.41) is 16.2. The van der Waals surface area contributed by atoms with Crippen molar-refractivity contribution < 1.29 is 28.2 Å². The lowest BCUT2D eigenvalue weighted by atomic mass is 9.99. The minimum absolute atomic E-state index is 0.0576. The average molecular weight is 538 g/mol. The van der Waals surface area contributed by atoms with Crippen LogP contribution in [0.1, 0.15) is 30.9 Å². The van der Waals surface area contributed by atoms with Crippen molar-refractivity contribution in [3.05, 3.63) is 65.7 Å². The van der Waals surface area contributed by atoms with E-state index in [0.717, 1.165) is 48.9 Å². The highest BCUT2D eigenvalue weighted by molar-refractivity contribution is 5.86. The Hall–Kier alpha value is -3.43. The topological polar surface area (TPSA) is 74.3 Å². The molecule has 0 unspecified atom stereocenters. The number of hydrogen-bond donors (Lipinski definition) is 2. The maximum atomic E-state index is 14.8. The van der Waals surface area contributed by atoms with Gasteiger partial charge in [-0.05, 0) is 85.1 Å². The van der Waals surface area contributed by atoms with Crippen molar-refractivity contribution in [1.82, 2.24) is 10.2 Å². The third-order valence-electron chi connectivity index (χ3n) is 8.03. The summed E-state index contributed by atoms with van der Waals surface area (Å²) in [7, 11) is 0. The Labute approximate surface area is 226 Å². The van der Waals surface area contributed by atoms with Crippen LogP contribution in [-0.2, 0) is 4.79 Å². The second-order valence-electron chi connectivity index (χ2n) is 10.7. The molecule has 3 atom stereocenters. The van der Waals surface area contributed by atoms with E-state index >= 15 is 0 Å². The van der Waals surface area contributed by atoms with E-state index in [4.69, 9.17) is 9.47 Å². The van der Waals surface area contributed by atoms with Gasteiger partial charge in [0, 0.05) is 25.3 Å². The first kappa shape index (κ1) is 25.8. The highest BCUT2D eigenvalue weighted by Crippen LogP contribution is 2.37. The molecule has 3 aliphatic heterocycles. The predicted octanol–water partition coefficient (Wildman–Crippen LogP) is 4.03. The summed E-state index contributed by atoms with van der Waals surface area (Å²) in [5.74, 6) is -0.899. The number of anilines is 1. The van der Waals surface area contributed by atoms with Gasteiger partial charge in [0.1, 0.15) is 25.1 Å². The third-order valence-corrected chi connectivity index (χ3v) is 8.03. The van der Waals surface area contributed by atoms with Crippen molar-refractivity contribution in [2.45, 2.75) is 31.4 Å². The molecule has 9 heteroatoms. The normalized spacial score (nSPS) is 20.8. The van der Waals surface area contributed by atoms with E-state index in [1.165, 1.54) is 18.2 Å². The molecule has 206 valence electrons. The van der Waals surface area contributed by atoms with Crippen LogP contribution in [0.15, 0.2) is 48.5 Å². The number of benzene rings is 3. The first-order chi connectivity index (χ1) is 18.9. The SMILES string of the molecule is O=C(N[C@H](CN1CCCC1)[C@H](O)c1cc(F)c2c(c1)OCCO2)[C@@H]1CCN(c2ccc3cc(F)ccc3c2)C1. The molecule has 0 radical (unpaired) electrons. The van der Waals surface area contributed by atoms with E-state index in [1.807, 2.05) is 18.2 Å². The van der Waals surface area contributed by atoms with Gasteiger partial charge in [-0.25, -0.2) is 8.78 Å². The summed E-state index contributed by atoms with van der Waals surface area (Å²) >= 11 is 0. The fraction of sp³-hybridized carbons (Fsp3) is 0.433. The Morgan fingerprint density at radius 3 is 2.62 bits per heavy atom. The molecule has 0 bridgehead atoms. The Bertz CT molecular complexity index is 1360. The zero-order valence-electron chi connectivity index (χ0n) is 21.7. The Morgan fingerprint density at radius 1 is 1.00 bits per heavy atom. The van der Waals surface area contributed by atoms with Gasteiger partial charge in [-0.2, -0.15) is 0 Å². The molecule has 7 nitrogen and oxygen atoms in total. The molecular weight excluding hydrogens is 504 g/mol. The lowest BCUT2D eigenvalue weighted by Gasteiger charge is -2.30. The van der Waals surface area contributed by atoms with Crippen LogP contribution < -0.4 is 19.7 Å². The van der Waals surface area contributed by atoms with Crippen LogP contribution in [0.2, 0.25) is 0 Å². The fourth-order valence-corrected chi connectivity index (χ4v) is 5.91. The van der Waals surface area contributed by atoms with Gasteiger partial charge >= 0.3 is 0 Å². The highest BCUT2D eigenvalue weighted by Gasteiger charge is 2.34. The minimum atomic E-state index is -1.11. The predicted molar refractivity (Wildman–Crippen MR) is 144 cm³/mol. The number of carbonyl (C=O) groups is 1. The van der Waals surface area contributed by atoms with Gasteiger partial charge in [-0.1, -0.05) is 12.1 Å². The van der Waals surface area contributed by atoms with Crippen LogP contribution in [0, 0.1) is 17.6 Å². The molecule has 3 aliphatic rings. The number of ether oxygens (including phenoxy) is 2. The summed E-state index contributed by atoms with van der Waals surface area (Å²) in [6.45, 7) is 4.12. The summed E-state index contributed by atoms with van der Waals surface area (Å²) in [5.41, 5.74) is 1.34. The molecule has 3 aromatic rings. The molecule has 0 aromatic heterocycles. The molecule has 0 spiro atoms. The van der Waals surface area contributed by atoms with Crippen LogP contribution in [0.5, 0.6) is 11.5 Å². The van der Waals surface area contributed by atoms with Crippen LogP contribution in [0.4, 0.5) is 14.5 Å². The van der Waals surface area contributed by atoms with Crippen LogP contribution in [0.3, 0.4) is 0 Å². The molecule has 3 aromatic carbocycles. The molecule has 1 amide bonds. The minimum Gasteiger partial charge on any atom is -0.486 e. The van der Waals surface area contributed by atoms with Gasteiger partial charge in [0.25, 0.3) is 0 Å². The van der Waals surface area contributed by atoms with E-state index in [2.05, 4.69) is 15.1 Å². The maximum absolute atomic E-state index is 14.8. The number of nitrogens with zero attached hydrogens (tertiary/aromatic N) is 2. The van der Waals surface area contributed by atoms with E-state index in [0.29, 0.717) is 31.7 Å². The van der Waals surface area contributed by atoms with Crippen molar-refractivity contribution in [2.24, 2.45) is 5.92 Å². The fourth-order valence-electron chi connectivity index (χ4n) is 5.91. The number of nitrogens with one attached hydrogen (secondary N) is 1. The number of aliphatic hydroxyl groups excluding tert-OH is 1. The number of carbonyl (C=O) groups excluding carboxylic acids is 1. The van der Waals surface area contributed by atoms with Crippen LogP contribution in [-0.4, -0.2) is 67.9 Å². The van der Waals surface area contributed by atoms with Crippen molar-refractivity contribution in [2.75, 3.05) is 50.8 Å². The van der Waals surface area contributed by atoms with Crippen molar-refractivity contribution >= 4 is 22.4 Å². The number of halogens is 2. The van der Waals surface area contributed by atoms with Gasteiger partial charge in [-0.3, -0.25) is 4.79 Å². The number of rotatable bonds is 7. The average Bonchev–Trinajstić information content (AvgIpc) is 3.65. The smallest absolute Gasteiger partial charge is 0.225 e. The van der Waals surface area contributed by atoms with Gasteiger partial charge in [0.15, 0.2) is 17.3 Å². The summed E-state index contributed by atoms with van der Waals surface area (Å²) in [4.78, 5) is 17.8. The lowest BCUT2D eigenvalue weighted by molar-refractivity contribution is -0.126. The second-order valence-corrected chi connectivity index (χ2v) is 10.7. The van der Waals surface area contributed by atoms with Gasteiger partial charge in [-0.15, -0.1) is 0 Å². The highest BCUT2D eigenvalue weighted by atomic mass is 19.1. The summed E-state index contributed by atoms with van der Waals surface area (Å²) in [6, 6.07) is 12.9. The van der Waals surface area contributed by atoms with Crippen LogP contribution in [0.25, 0.3) is 10.8 Å². The third kappa shape index (κ3) is 5.51. The van der Waals surface area contributed by atoms with Crippen molar-refractivity contribution in [3.63, 3.8) is 0 Å². The zero-order valence-corrected chi connectivity index (χ0v) is 21.7. The monoisotopic (exact) mass is 537 g/mol. The number of fused-ring (bicyclic) bond motifs is 2. The summed E-state index contributed by atoms with van der Waals surface area (Å²) < 4.78 is 39.3. The van der Waals surface area contributed by atoms with Crippen molar-refractivity contribution in [3.8, 4) is 11.5 Å². The number of likely N-dealkylation sites (tertiary alicyclic amines) is 1. The molecule has 0 saturated carbocycles. The van der Waals surface area contributed by atoms with E-state index in [-0.39, 0.29) is 35.7 Å². The molecule has 6 rings (SSSR count). The first-order valence-electron chi connectivity index (χ1n) is 13.7. The lowest BCUT2D eigenvalue weighted by Crippen LogP contribution is -2.48. The Balaban J connectivity index is 1.17. The molecule has 3 heterocycles. The van der Waals surface area contributed by atoms with Crippen LogP contribution >= 0.6 is 0 Å². The maximum Gasteiger partial charge on any atom is 0.225 e. The summed E-state index contributed by atoms with van der Waals surface area (Å²) in [6.07, 6.45) is 1.72. The second kappa shape index (κ2) is 11.0. The van der Waals surface area contributed by atoms with Gasteiger partial charge in [0.2, 0.25) is 5.91 Å². The van der Waals surface area contributed by atoms with E-state index in [1.54, 1.807) is 12.1 Å². The Morgan fingerprint density at radius 2 is 1.77 bits per heavy atom. The largest absolute Gasteiger partial charge is 0.486 e. The molecule has 2 N–H and O–H groups in total. The molecule has 2 fully saturated rings.